The summed E-state index contributed by atoms with van der Waals surface area (Å²) in [6.07, 6.45) is 2.19. The lowest BCUT2D eigenvalue weighted by atomic mass is 10.2. The molecule has 2 rings (SSSR count). The molecule has 2 heterocycles. The van der Waals surface area contributed by atoms with Crippen LogP contribution in [0.25, 0.3) is 6.08 Å². The number of aryl methyl sites for hydroxylation is 1. The topological polar surface area (TPSA) is 98.6 Å². The van der Waals surface area contributed by atoms with Crippen LogP contribution in [0.3, 0.4) is 0 Å². The van der Waals surface area contributed by atoms with Crippen LogP contribution in [0, 0.1) is 6.92 Å². The van der Waals surface area contributed by atoms with E-state index in [0.29, 0.717) is 17.7 Å². The highest BCUT2D eigenvalue weighted by atomic mass is 35.5. The SMILES string of the molecule is Cc1nn([C@H]2CCS(=O)(=O)C2)c(Cl)c1/C=C/C(=O)O[C@@H](C)C(=O)N(C)C. The van der Waals surface area contributed by atoms with Gasteiger partial charge in [0.2, 0.25) is 0 Å². The van der Waals surface area contributed by atoms with Crippen molar-refractivity contribution in [3.63, 3.8) is 0 Å². The van der Waals surface area contributed by atoms with Gasteiger partial charge < -0.3 is 9.64 Å². The highest BCUT2D eigenvalue weighted by molar-refractivity contribution is 7.91. The molecule has 0 radical (unpaired) electrons. The van der Waals surface area contributed by atoms with Gasteiger partial charge in [-0.1, -0.05) is 11.6 Å². The van der Waals surface area contributed by atoms with Crippen molar-refractivity contribution in [2.45, 2.75) is 32.4 Å². The van der Waals surface area contributed by atoms with Crippen LogP contribution in [0.4, 0.5) is 0 Å². The number of nitrogens with zero attached hydrogens (tertiary/aromatic N) is 3. The molecule has 0 N–H and O–H groups in total. The molecule has 0 aromatic carbocycles. The van der Waals surface area contributed by atoms with Crippen LogP contribution in [0.5, 0.6) is 0 Å². The largest absolute Gasteiger partial charge is 0.449 e. The van der Waals surface area contributed by atoms with Gasteiger partial charge >= 0.3 is 5.97 Å². The Morgan fingerprint density at radius 1 is 1.42 bits per heavy atom. The molecule has 0 unspecified atom stereocenters. The molecule has 1 aromatic rings. The molecule has 1 amide bonds. The number of carbonyl (C=O) groups is 2. The van der Waals surface area contributed by atoms with Crippen molar-refractivity contribution in [3.05, 3.63) is 22.5 Å². The number of likely N-dealkylation sites (N-methyl/N-ethyl adjacent to an activating group) is 1. The van der Waals surface area contributed by atoms with Crippen molar-refractivity contribution < 1.29 is 22.7 Å². The summed E-state index contributed by atoms with van der Waals surface area (Å²) in [5.74, 6) is -0.888. The lowest BCUT2D eigenvalue weighted by Gasteiger charge is -2.16. The second-order valence-electron chi connectivity index (χ2n) is 6.44. The molecule has 26 heavy (non-hydrogen) atoms. The minimum Gasteiger partial charge on any atom is -0.449 e. The second kappa shape index (κ2) is 7.79. The molecule has 8 nitrogen and oxygen atoms in total. The first kappa shape index (κ1) is 20.4. The number of esters is 1. The summed E-state index contributed by atoms with van der Waals surface area (Å²) < 4.78 is 29.8. The fraction of sp³-hybridized carbons (Fsp3) is 0.562. The lowest BCUT2D eigenvalue weighted by Crippen LogP contribution is -2.34. The van der Waals surface area contributed by atoms with E-state index in [2.05, 4.69) is 5.10 Å². The molecular weight excluding hydrogens is 382 g/mol. The second-order valence-corrected chi connectivity index (χ2v) is 9.02. The first-order valence-electron chi connectivity index (χ1n) is 8.06. The van der Waals surface area contributed by atoms with Gasteiger partial charge in [0, 0.05) is 25.7 Å². The van der Waals surface area contributed by atoms with E-state index in [1.54, 1.807) is 21.0 Å². The number of hydrogen-bond donors (Lipinski definition) is 0. The van der Waals surface area contributed by atoms with Gasteiger partial charge in [-0.2, -0.15) is 5.10 Å². The average Bonchev–Trinajstić information content (AvgIpc) is 3.03. The summed E-state index contributed by atoms with van der Waals surface area (Å²) in [5, 5.41) is 4.57. The van der Waals surface area contributed by atoms with Crippen molar-refractivity contribution in [3.8, 4) is 0 Å². The van der Waals surface area contributed by atoms with Crippen molar-refractivity contribution in [2.75, 3.05) is 25.6 Å². The third-order valence-corrected chi connectivity index (χ3v) is 6.22. The quantitative estimate of drug-likeness (QED) is 0.541. The maximum atomic E-state index is 11.9. The monoisotopic (exact) mass is 403 g/mol. The lowest BCUT2D eigenvalue weighted by molar-refractivity contribution is -0.153. The predicted molar refractivity (Wildman–Crippen MR) is 97.6 cm³/mol. The van der Waals surface area contributed by atoms with Gasteiger partial charge in [-0.05, 0) is 26.3 Å². The van der Waals surface area contributed by atoms with Gasteiger partial charge in [0.1, 0.15) is 5.15 Å². The molecule has 144 valence electrons. The van der Waals surface area contributed by atoms with Crippen LogP contribution in [-0.4, -0.2) is 66.7 Å². The maximum absolute atomic E-state index is 11.9. The van der Waals surface area contributed by atoms with Crippen molar-refractivity contribution in [2.24, 2.45) is 0 Å². The maximum Gasteiger partial charge on any atom is 0.331 e. The molecule has 1 aliphatic rings. The molecule has 2 atom stereocenters. The van der Waals surface area contributed by atoms with E-state index in [-0.39, 0.29) is 28.6 Å². The summed E-state index contributed by atoms with van der Waals surface area (Å²) >= 11 is 6.33. The third-order valence-electron chi connectivity index (χ3n) is 4.09. The molecule has 0 saturated carbocycles. The van der Waals surface area contributed by atoms with E-state index in [0.717, 1.165) is 0 Å². The van der Waals surface area contributed by atoms with Crippen LogP contribution in [-0.2, 0) is 24.2 Å². The number of aromatic nitrogens is 2. The van der Waals surface area contributed by atoms with E-state index in [9.17, 15) is 18.0 Å². The van der Waals surface area contributed by atoms with Gasteiger partial charge in [-0.25, -0.2) is 17.9 Å². The van der Waals surface area contributed by atoms with E-state index in [1.165, 1.54) is 28.7 Å². The van der Waals surface area contributed by atoms with Crippen LogP contribution in [0.15, 0.2) is 6.08 Å². The normalized spacial score (nSPS) is 20.3. The minimum atomic E-state index is -3.07. The molecule has 1 saturated heterocycles. The predicted octanol–water partition coefficient (Wildman–Crippen LogP) is 1.24. The molecular formula is C16H22ClN3O5S. The van der Waals surface area contributed by atoms with Crippen molar-refractivity contribution in [1.82, 2.24) is 14.7 Å². The standard InChI is InChI=1S/C16H22ClN3O5S/c1-10-13(5-6-14(21)25-11(2)16(22)19(3)4)15(17)20(18-10)12-7-8-26(23,24)9-12/h5-6,11-12H,7-9H2,1-4H3/b6-5+/t11-,12-/m0/s1. The Labute approximate surface area is 157 Å². The van der Waals surface area contributed by atoms with Crippen molar-refractivity contribution in [1.29, 1.82) is 0 Å². The Balaban J connectivity index is 2.11. The number of hydrogen-bond acceptors (Lipinski definition) is 6. The smallest absolute Gasteiger partial charge is 0.331 e. The Hall–Kier alpha value is -1.87. The van der Waals surface area contributed by atoms with E-state index >= 15 is 0 Å². The number of halogens is 1. The molecule has 0 aliphatic carbocycles. The molecule has 1 aromatic heterocycles. The molecule has 1 fully saturated rings. The van der Waals surface area contributed by atoms with Gasteiger partial charge in [0.05, 0.1) is 23.2 Å². The summed E-state index contributed by atoms with van der Waals surface area (Å²) in [5.41, 5.74) is 1.08. The zero-order chi connectivity index (χ0) is 19.6. The average molecular weight is 404 g/mol. The summed E-state index contributed by atoms with van der Waals surface area (Å²) in [6, 6.07) is -0.307. The Kier molecular flexibility index (Phi) is 6.13. The number of carbonyl (C=O) groups excluding carboxylic acids is 2. The van der Waals surface area contributed by atoms with E-state index in [4.69, 9.17) is 16.3 Å². The molecule has 0 spiro atoms. The zero-order valence-electron chi connectivity index (χ0n) is 15.1. The number of rotatable bonds is 5. The van der Waals surface area contributed by atoms with Gasteiger partial charge in [-0.15, -0.1) is 0 Å². The van der Waals surface area contributed by atoms with Gasteiger partial charge in [-0.3, -0.25) is 4.79 Å². The molecule has 1 aliphatic heterocycles. The first-order chi connectivity index (χ1) is 12.0. The molecule has 10 heteroatoms. The fourth-order valence-electron chi connectivity index (χ4n) is 2.71. The third kappa shape index (κ3) is 4.64. The van der Waals surface area contributed by atoms with Crippen LogP contribution in [0.2, 0.25) is 5.15 Å². The first-order valence-corrected chi connectivity index (χ1v) is 10.3. The number of amides is 1. The van der Waals surface area contributed by atoms with Crippen LogP contribution in [0.1, 0.15) is 30.6 Å². The zero-order valence-corrected chi connectivity index (χ0v) is 16.7. The number of ether oxygens (including phenoxy) is 1. The number of sulfone groups is 1. The van der Waals surface area contributed by atoms with E-state index < -0.39 is 21.9 Å². The minimum absolute atomic E-state index is 0.00317. The van der Waals surface area contributed by atoms with Gasteiger partial charge in [0.15, 0.2) is 15.9 Å². The highest BCUT2D eigenvalue weighted by Gasteiger charge is 2.31. The van der Waals surface area contributed by atoms with Crippen molar-refractivity contribution >= 4 is 39.4 Å². The summed E-state index contributed by atoms with van der Waals surface area (Å²) in [6.45, 7) is 3.21. The summed E-state index contributed by atoms with van der Waals surface area (Å²) in [4.78, 5) is 24.9. The highest BCUT2D eigenvalue weighted by Crippen LogP contribution is 2.30. The van der Waals surface area contributed by atoms with Crippen LogP contribution < -0.4 is 0 Å². The van der Waals surface area contributed by atoms with Crippen LogP contribution >= 0.6 is 11.6 Å². The Morgan fingerprint density at radius 2 is 2.08 bits per heavy atom. The molecule has 0 bridgehead atoms. The Bertz CT molecular complexity index is 844. The fourth-order valence-corrected chi connectivity index (χ4v) is 4.78. The Morgan fingerprint density at radius 3 is 2.62 bits per heavy atom. The van der Waals surface area contributed by atoms with E-state index in [1.807, 2.05) is 0 Å². The summed E-state index contributed by atoms with van der Waals surface area (Å²) in [7, 11) is 0.0794. The van der Waals surface area contributed by atoms with Gasteiger partial charge in [0.25, 0.3) is 5.91 Å².